The second kappa shape index (κ2) is 7.57. The SMILES string of the molecule is c1ccc(C2(c3ccccc3)OPOC2(c2ccccc2)c2ccccc2)cc1. The van der Waals surface area contributed by atoms with Crippen LogP contribution in [0.2, 0.25) is 0 Å². The molecule has 1 fully saturated rings. The zero-order valence-electron chi connectivity index (χ0n) is 15.9. The van der Waals surface area contributed by atoms with E-state index in [1.54, 1.807) is 0 Å². The highest BCUT2D eigenvalue weighted by atomic mass is 31.1. The third kappa shape index (κ3) is 2.76. The molecule has 0 aromatic heterocycles. The zero-order chi connectivity index (χ0) is 19.6. The molecule has 0 spiro atoms. The Labute approximate surface area is 173 Å². The minimum atomic E-state index is -0.809. The molecule has 0 amide bonds. The molecule has 1 aliphatic heterocycles. The van der Waals surface area contributed by atoms with Crippen LogP contribution < -0.4 is 0 Å². The van der Waals surface area contributed by atoms with Crippen molar-refractivity contribution >= 4 is 9.03 Å². The molecule has 0 atom stereocenters. The van der Waals surface area contributed by atoms with E-state index in [0.29, 0.717) is 0 Å². The van der Waals surface area contributed by atoms with Gasteiger partial charge in [0.05, 0.1) is 0 Å². The van der Waals surface area contributed by atoms with Gasteiger partial charge in [-0.2, -0.15) is 0 Å². The summed E-state index contributed by atoms with van der Waals surface area (Å²) in [4.78, 5) is 0. The van der Waals surface area contributed by atoms with Crippen molar-refractivity contribution in [1.82, 2.24) is 0 Å². The molecule has 1 saturated heterocycles. The Morgan fingerprint density at radius 3 is 0.862 bits per heavy atom. The van der Waals surface area contributed by atoms with Gasteiger partial charge in [-0.05, 0) is 22.3 Å². The van der Waals surface area contributed by atoms with E-state index in [9.17, 15) is 0 Å². The van der Waals surface area contributed by atoms with Crippen molar-refractivity contribution in [2.75, 3.05) is 0 Å². The summed E-state index contributed by atoms with van der Waals surface area (Å²) in [5.74, 6) is 0. The molecule has 4 aromatic carbocycles. The lowest BCUT2D eigenvalue weighted by Crippen LogP contribution is -2.48. The Morgan fingerprint density at radius 2 is 0.621 bits per heavy atom. The molecule has 4 aromatic rings. The van der Waals surface area contributed by atoms with E-state index in [1.807, 2.05) is 24.3 Å². The standard InChI is InChI=1S/C26H21O2P/c1-5-13-21(14-6-1)25(22-15-7-2-8-16-22)26(28-29-27-25,23-17-9-3-10-18-23)24-19-11-4-12-20-24/h1-20,29H. The number of hydrogen-bond donors (Lipinski definition) is 0. The highest BCUT2D eigenvalue weighted by Crippen LogP contribution is 2.63. The average molecular weight is 396 g/mol. The lowest BCUT2D eigenvalue weighted by molar-refractivity contribution is 0.00370. The highest BCUT2D eigenvalue weighted by molar-refractivity contribution is 7.26. The van der Waals surface area contributed by atoms with E-state index in [2.05, 4.69) is 97.1 Å². The molecule has 5 rings (SSSR count). The van der Waals surface area contributed by atoms with Gasteiger partial charge in [-0.25, -0.2) is 0 Å². The van der Waals surface area contributed by atoms with E-state index in [-0.39, 0.29) is 9.03 Å². The van der Waals surface area contributed by atoms with E-state index in [4.69, 9.17) is 9.05 Å². The van der Waals surface area contributed by atoms with Crippen molar-refractivity contribution in [2.24, 2.45) is 0 Å². The topological polar surface area (TPSA) is 18.5 Å². The first kappa shape index (κ1) is 18.3. The van der Waals surface area contributed by atoms with E-state index < -0.39 is 11.2 Å². The molecular formula is C26H21O2P. The van der Waals surface area contributed by atoms with Crippen molar-refractivity contribution in [3.8, 4) is 0 Å². The molecule has 0 bridgehead atoms. The Bertz CT molecular complexity index is 899. The van der Waals surface area contributed by atoms with Crippen molar-refractivity contribution in [3.63, 3.8) is 0 Å². The summed E-state index contributed by atoms with van der Waals surface area (Å²) in [5.41, 5.74) is 2.67. The first-order chi connectivity index (χ1) is 14.4. The second-order valence-electron chi connectivity index (χ2n) is 7.11. The third-order valence-corrected chi connectivity index (χ3v) is 6.39. The van der Waals surface area contributed by atoms with E-state index in [1.165, 1.54) is 0 Å². The lowest BCUT2D eigenvalue weighted by Gasteiger charge is -2.44. The fourth-order valence-corrected chi connectivity index (χ4v) is 5.41. The first-order valence-electron chi connectivity index (χ1n) is 9.71. The molecule has 3 heteroatoms. The lowest BCUT2D eigenvalue weighted by atomic mass is 9.66. The molecule has 142 valence electrons. The normalized spacial score (nSPS) is 17.1. The molecule has 0 radical (unpaired) electrons. The van der Waals surface area contributed by atoms with Crippen molar-refractivity contribution in [3.05, 3.63) is 144 Å². The Balaban J connectivity index is 1.90. The highest BCUT2D eigenvalue weighted by Gasteiger charge is 2.62. The van der Waals surface area contributed by atoms with Crippen LogP contribution >= 0.6 is 9.03 Å². The van der Waals surface area contributed by atoms with Crippen molar-refractivity contribution < 1.29 is 9.05 Å². The summed E-state index contributed by atoms with van der Waals surface area (Å²) >= 11 is 0. The summed E-state index contributed by atoms with van der Waals surface area (Å²) < 4.78 is 13.3. The van der Waals surface area contributed by atoms with Crippen LogP contribution in [0.15, 0.2) is 121 Å². The van der Waals surface area contributed by atoms with Crippen LogP contribution in [0.4, 0.5) is 0 Å². The molecule has 1 heterocycles. The summed E-state index contributed by atoms with van der Waals surface area (Å²) in [7, 11) is -0.0865. The van der Waals surface area contributed by atoms with Gasteiger partial charge in [0, 0.05) is 0 Å². The minimum Gasteiger partial charge on any atom is -0.316 e. The second-order valence-corrected chi connectivity index (χ2v) is 7.69. The molecule has 0 saturated carbocycles. The van der Waals surface area contributed by atoms with Gasteiger partial charge < -0.3 is 9.05 Å². The smallest absolute Gasteiger partial charge is 0.162 e. The summed E-state index contributed by atoms with van der Waals surface area (Å²) in [6.45, 7) is 0. The van der Waals surface area contributed by atoms with Crippen LogP contribution in [0.25, 0.3) is 0 Å². The van der Waals surface area contributed by atoms with Gasteiger partial charge in [0.25, 0.3) is 0 Å². The Hall–Kier alpha value is -2.77. The fraction of sp³-hybridized carbons (Fsp3) is 0.0769. The zero-order valence-corrected chi connectivity index (χ0v) is 16.9. The molecule has 1 aliphatic rings. The summed E-state index contributed by atoms with van der Waals surface area (Å²) in [6, 6.07) is 41.7. The van der Waals surface area contributed by atoms with Gasteiger partial charge in [0.15, 0.2) is 20.2 Å². The molecule has 0 unspecified atom stereocenters. The van der Waals surface area contributed by atoms with Crippen molar-refractivity contribution in [1.29, 1.82) is 0 Å². The summed E-state index contributed by atoms with van der Waals surface area (Å²) in [5, 5.41) is 0. The van der Waals surface area contributed by atoms with Gasteiger partial charge in [-0.15, -0.1) is 0 Å². The number of benzene rings is 4. The molecule has 0 aliphatic carbocycles. The van der Waals surface area contributed by atoms with Crippen LogP contribution in [-0.4, -0.2) is 0 Å². The van der Waals surface area contributed by atoms with Gasteiger partial charge in [-0.3, -0.25) is 0 Å². The third-order valence-electron chi connectivity index (χ3n) is 5.61. The quantitative estimate of drug-likeness (QED) is 0.370. The van der Waals surface area contributed by atoms with Gasteiger partial charge in [-0.1, -0.05) is 121 Å². The maximum Gasteiger partial charge on any atom is 0.162 e. The van der Waals surface area contributed by atoms with Crippen molar-refractivity contribution in [2.45, 2.75) is 11.2 Å². The molecule has 0 N–H and O–H groups in total. The Morgan fingerprint density at radius 1 is 0.379 bits per heavy atom. The Kier molecular flexibility index (Phi) is 4.77. The van der Waals surface area contributed by atoms with Gasteiger partial charge >= 0.3 is 0 Å². The maximum absolute atomic E-state index is 6.64. The molecule has 2 nitrogen and oxygen atoms in total. The fourth-order valence-electron chi connectivity index (χ4n) is 4.36. The number of rotatable bonds is 4. The van der Waals surface area contributed by atoms with Crippen LogP contribution in [0.5, 0.6) is 0 Å². The largest absolute Gasteiger partial charge is 0.316 e. The maximum atomic E-state index is 6.64. The summed E-state index contributed by atoms with van der Waals surface area (Å²) in [6.07, 6.45) is 0. The van der Waals surface area contributed by atoms with Crippen LogP contribution in [0.3, 0.4) is 0 Å². The average Bonchev–Trinajstić information content (AvgIpc) is 3.24. The van der Waals surface area contributed by atoms with Crippen LogP contribution in [0, 0.1) is 0 Å². The first-order valence-corrected chi connectivity index (χ1v) is 10.5. The molecule has 29 heavy (non-hydrogen) atoms. The minimum absolute atomic E-state index is 0.0865. The predicted octanol–water partition coefficient (Wildman–Crippen LogP) is 6.43. The number of hydrogen-bond acceptors (Lipinski definition) is 2. The monoisotopic (exact) mass is 396 g/mol. The van der Waals surface area contributed by atoms with E-state index >= 15 is 0 Å². The van der Waals surface area contributed by atoms with Crippen LogP contribution in [0.1, 0.15) is 22.3 Å². The predicted molar refractivity (Wildman–Crippen MR) is 118 cm³/mol. The molecular weight excluding hydrogens is 375 g/mol. The van der Waals surface area contributed by atoms with E-state index in [0.717, 1.165) is 22.3 Å². The van der Waals surface area contributed by atoms with Crippen LogP contribution in [-0.2, 0) is 20.2 Å². The van der Waals surface area contributed by atoms with Gasteiger partial charge in [0.1, 0.15) is 0 Å². The van der Waals surface area contributed by atoms with Gasteiger partial charge in [0.2, 0.25) is 0 Å².